The van der Waals surface area contributed by atoms with Crippen LogP contribution in [0, 0.1) is 5.92 Å². The van der Waals surface area contributed by atoms with Gasteiger partial charge in [-0.3, -0.25) is 4.79 Å². The Morgan fingerprint density at radius 2 is 2.21 bits per heavy atom. The maximum Gasteiger partial charge on any atom is 0.285 e. The van der Waals surface area contributed by atoms with Crippen LogP contribution >= 0.6 is 11.6 Å². The molecule has 0 aromatic carbocycles. The number of rotatable bonds is 5. The summed E-state index contributed by atoms with van der Waals surface area (Å²) in [5, 5.41) is 9.85. The summed E-state index contributed by atoms with van der Waals surface area (Å²) in [6.45, 7) is 6.12. The smallest absolute Gasteiger partial charge is 0.285 e. The lowest BCUT2D eigenvalue weighted by molar-refractivity contribution is 0.373. The van der Waals surface area contributed by atoms with Gasteiger partial charge in [0.25, 0.3) is 5.56 Å². The Labute approximate surface area is 118 Å². The van der Waals surface area contributed by atoms with Crippen molar-refractivity contribution in [3.8, 4) is 0 Å². The fourth-order valence-electron chi connectivity index (χ4n) is 2.55. The largest absolute Gasteiger partial charge is 0.369 e. The average molecular weight is 285 g/mol. The molecule has 2 heterocycles. The molecular formula is C13H21ClN4O. The zero-order valence-electron chi connectivity index (χ0n) is 11.3. The quantitative estimate of drug-likeness (QED) is 0.863. The number of aromatic nitrogens is 2. The van der Waals surface area contributed by atoms with E-state index in [1.165, 1.54) is 12.8 Å². The van der Waals surface area contributed by atoms with Crippen molar-refractivity contribution in [3.63, 3.8) is 0 Å². The Morgan fingerprint density at radius 1 is 1.47 bits per heavy atom. The number of halogens is 1. The average Bonchev–Trinajstić information content (AvgIpc) is 2.43. The Bertz CT molecular complexity index is 456. The number of hydrogen-bond donors (Lipinski definition) is 2. The highest BCUT2D eigenvalue weighted by Gasteiger charge is 2.19. The van der Waals surface area contributed by atoms with E-state index in [2.05, 4.69) is 27.3 Å². The van der Waals surface area contributed by atoms with Gasteiger partial charge in [-0.1, -0.05) is 18.5 Å². The third-order valence-electron chi connectivity index (χ3n) is 3.55. The van der Waals surface area contributed by atoms with Gasteiger partial charge in [-0.15, -0.1) is 0 Å². The molecular weight excluding hydrogens is 264 g/mol. The van der Waals surface area contributed by atoms with Crippen molar-refractivity contribution in [1.29, 1.82) is 0 Å². The molecule has 0 spiro atoms. The normalized spacial score (nSPS) is 16.5. The van der Waals surface area contributed by atoms with E-state index in [1.807, 2.05) is 0 Å². The lowest BCUT2D eigenvalue weighted by Crippen LogP contribution is -2.37. The van der Waals surface area contributed by atoms with Crippen LogP contribution in [0.4, 0.5) is 5.69 Å². The van der Waals surface area contributed by atoms with Gasteiger partial charge in [-0.25, -0.2) is 5.10 Å². The minimum atomic E-state index is -0.314. The van der Waals surface area contributed by atoms with Gasteiger partial charge in [0.1, 0.15) is 5.02 Å². The van der Waals surface area contributed by atoms with Crippen molar-refractivity contribution < 1.29 is 0 Å². The van der Waals surface area contributed by atoms with E-state index in [0.29, 0.717) is 5.92 Å². The van der Waals surface area contributed by atoms with Crippen LogP contribution in [0.25, 0.3) is 0 Å². The van der Waals surface area contributed by atoms with Crippen LogP contribution in [0.15, 0.2) is 11.0 Å². The topological polar surface area (TPSA) is 61.0 Å². The Kier molecular flexibility index (Phi) is 5.22. The number of aromatic amines is 1. The summed E-state index contributed by atoms with van der Waals surface area (Å²) in [5.74, 6) is 0.656. The van der Waals surface area contributed by atoms with Gasteiger partial charge < -0.3 is 10.2 Å². The van der Waals surface area contributed by atoms with Crippen molar-refractivity contribution >= 4 is 17.3 Å². The van der Waals surface area contributed by atoms with Gasteiger partial charge >= 0.3 is 0 Å². The number of anilines is 1. The number of piperidine rings is 1. The number of H-pyrrole nitrogens is 1. The van der Waals surface area contributed by atoms with Gasteiger partial charge in [0.15, 0.2) is 0 Å². The summed E-state index contributed by atoms with van der Waals surface area (Å²) in [4.78, 5) is 13.7. The van der Waals surface area contributed by atoms with Gasteiger partial charge in [-0.2, -0.15) is 5.10 Å². The standard InChI is InChI=1S/C13H21ClN4O/c1-2-7-18(9-10-3-5-15-6-4-10)11-8-16-17-13(19)12(11)14/h8,10,15H,2-7,9H2,1H3,(H,17,19). The highest BCUT2D eigenvalue weighted by atomic mass is 35.5. The molecule has 1 aliphatic heterocycles. The second kappa shape index (κ2) is 6.91. The van der Waals surface area contributed by atoms with E-state index < -0.39 is 0 Å². The van der Waals surface area contributed by atoms with E-state index >= 15 is 0 Å². The Morgan fingerprint density at radius 3 is 2.89 bits per heavy atom. The van der Waals surface area contributed by atoms with Gasteiger partial charge in [0.2, 0.25) is 0 Å². The van der Waals surface area contributed by atoms with Crippen molar-refractivity contribution in [2.75, 3.05) is 31.1 Å². The molecule has 0 saturated carbocycles. The fraction of sp³-hybridized carbons (Fsp3) is 0.692. The van der Waals surface area contributed by atoms with Gasteiger partial charge in [0, 0.05) is 13.1 Å². The number of nitrogens with one attached hydrogen (secondary N) is 2. The molecule has 106 valence electrons. The predicted octanol–water partition coefficient (Wildman–Crippen LogP) is 1.64. The van der Waals surface area contributed by atoms with Crippen LogP contribution in [0.1, 0.15) is 26.2 Å². The van der Waals surface area contributed by atoms with E-state index in [9.17, 15) is 4.79 Å². The predicted molar refractivity (Wildman–Crippen MR) is 78.0 cm³/mol. The minimum Gasteiger partial charge on any atom is -0.369 e. The molecule has 0 unspecified atom stereocenters. The molecule has 1 fully saturated rings. The molecule has 19 heavy (non-hydrogen) atoms. The third-order valence-corrected chi connectivity index (χ3v) is 3.91. The molecule has 1 aliphatic rings. The summed E-state index contributed by atoms with van der Waals surface area (Å²) in [6, 6.07) is 0. The Balaban J connectivity index is 2.14. The molecule has 5 nitrogen and oxygen atoms in total. The summed E-state index contributed by atoms with van der Waals surface area (Å²) < 4.78 is 0. The van der Waals surface area contributed by atoms with E-state index in [4.69, 9.17) is 11.6 Å². The molecule has 0 bridgehead atoms. The van der Waals surface area contributed by atoms with Crippen LogP contribution in [-0.4, -0.2) is 36.4 Å². The molecule has 2 N–H and O–H groups in total. The van der Waals surface area contributed by atoms with Gasteiger partial charge in [-0.05, 0) is 38.3 Å². The highest BCUT2D eigenvalue weighted by molar-refractivity contribution is 6.32. The number of hydrogen-bond acceptors (Lipinski definition) is 4. The molecule has 0 atom stereocenters. The molecule has 2 rings (SSSR count). The van der Waals surface area contributed by atoms with Crippen molar-refractivity contribution in [2.24, 2.45) is 5.92 Å². The van der Waals surface area contributed by atoms with Crippen molar-refractivity contribution in [2.45, 2.75) is 26.2 Å². The summed E-state index contributed by atoms with van der Waals surface area (Å²) >= 11 is 6.10. The molecule has 0 amide bonds. The first-order valence-electron chi connectivity index (χ1n) is 6.91. The number of nitrogens with zero attached hydrogens (tertiary/aromatic N) is 2. The first-order chi connectivity index (χ1) is 9.22. The molecule has 1 aromatic heterocycles. The first kappa shape index (κ1) is 14.3. The molecule has 0 aliphatic carbocycles. The molecule has 1 aromatic rings. The minimum absolute atomic E-state index is 0.248. The van der Waals surface area contributed by atoms with E-state index in [1.54, 1.807) is 6.20 Å². The SMILES string of the molecule is CCCN(CC1CCNCC1)c1cn[nH]c(=O)c1Cl. The van der Waals surface area contributed by atoms with Crippen LogP contribution in [0.5, 0.6) is 0 Å². The fourth-order valence-corrected chi connectivity index (χ4v) is 2.76. The second-order valence-electron chi connectivity index (χ2n) is 5.04. The lowest BCUT2D eigenvalue weighted by Gasteiger charge is -2.31. The summed E-state index contributed by atoms with van der Waals surface area (Å²) in [5.41, 5.74) is 0.441. The maximum atomic E-state index is 11.6. The molecule has 1 saturated heterocycles. The molecule has 6 heteroatoms. The van der Waals surface area contributed by atoms with Crippen LogP contribution in [0.2, 0.25) is 5.02 Å². The first-order valence-corrected chi connectivity index (χ1v) is 7.29. The Hall–Kier alpha value is -1.07. The van der Waals surface area contributed by atoms with Crippen molar-refractivity contribution in [3.05, 3.63) is 21.6 Å². The maximum absolute atomic E-state index is 11.6. The van der Waals surface area contributed by atoms with E-state index in [-0.39, 0.29) is 10.6 Å². The highest BCUT2D eigenvalue weighted by Crippen LogP contribution is 2.24. The summed E-state index contributed by atoms with van der Waals surface area (Å²) in [7, 11) is 0. The monoisotopic (exact) mass is 284 g/mol. The van der Waals surface area contributed by atoms with Gasteiger partial charge in [0.05, 0.1) is 11.9 Å². The third kappa shape index (κ3) is 3.70. The van der Waals surface area contributed by atoms with Crippen molar-refractivity contribution in [1.82, 2.24) is 15.5 Å². The van der Waals surface area contributed by atoms with Crippen LogP contribution in [0.3, 0.4) is 0 Å². The summed E-state index contributed by atoms with van der Waals surface area (Å²) in [6.07, 6.45) is 5.03. The zero-order chi connectivity index (χ0) is 13.7. The van der Waals surface area contributed by atoms with E-state index in [0.717, 1.165) is 38.3 Å². The lowest BCUT2D eigenvalue weighted by atomic mass is 9.97. The van der Waals surface area contributed by atoms with Crippen LogP contribution in [-0.2, 0) is 0 Å². The van der Waals surface area contributed by atoms with Crippen LogP contribution < -0.4 is 15.8 Å². The second-order valence-corrected chi connectivity index (χ2v) is 5.42. The zero-order valence-corrected chi connectivity index (χ0v) is 12.0. The molecule has 0 radical (unpaired) electrons.